The number of hydrogen-bond donors (Lipinski definition) is 1. The molecule has 0 radical (unpaired) electrons. The average Bonchev–Trinajstić information content (AvgIpc) is 2.55. The van der Waals surface area contributed by atoms with Crippen LogP contribution in [0.3, 0.4) is 0 Å². The van der Waals surface area contributed by atoms with Crippen LogP contribution in [0, 0.1) is 5.82 Å². The topological polar surface area (TPSA) is 72.5 Å². The molecule has 8 heteroatoms. The summed E-state index contributed by atoms with van der Waals surface area (Å²) < 4.78 is 44.9. The van der Waals surface area contributed by atoms with Gasteiger partial charge in [0, 0.05) is 17.1 Å². The van der Waals surface area contributed by atoms with Crippen molar-refractivity contribution in [2.45, 2.75) is 12.3 Å². The Morgan fingerprint density at radius 3 is 2.46 bits per heavy atom. The Hall–Kier alpha value is -1.96. The Labute approximate surface area is 144 Å². The summed E-state index contributed by atoms with van der Waals surface area (Å²) in [6.45, 7) is -0.219. The van der Waals surface area contributed by atoms with Crippen molar-refractivity contribution >= 4 is 27.6 Å². The van der Waals surface area contributed by atoms with Crippen LogP contribution in [0.2, 0.25) is 5.02 Å². The van der Waals surface area contributed by atoms with Gasteiger partial charge in [-0.2, -0.15) is 0 Å². The van der Waals surface area contributed by atoms with Crippen LogP contribution in [-0.4, -0.2) is 21.5 Å². The fraction of sp³-hybridized carbons (Fsp3) is 0.188. The highest BCUT2D eigenvalue weighted by atomic mass is 35.5. The molecule has 0 spiro atoms. The molecule has 2 rings (SSSR count). The number of sulfonamides is 1. The van der Waals surface area contributed by atoms with Crippen LogP contribution in [-0.2, 0) is 27.1 Å². The van der Waals surface area contributed by atoms with Gasteiger partial charge in [0.15, 0.2) is 0 Å². The fourth-order valence-corrected chi connectivity index (χ4v) is 3.21. The van der Waals surface area contributed by atoms with Crippen molar-refractivity contribution in [3.63, 3.8) is 0 Å². The Morgan fingerprint density at radius 1 is 1.21 bits per heavy atom. The van der Waals surface area contributed by atoms with Gasteiger partial charge in [0.05, 0.1) is 18.4 Å². The summed E-state index contributed by atoms with van der Waals surface area (Å²) in [5.41, 5.74) is 0.749. The maximum Gasteiger partial charge on any atom is 0.337 e. The van der Waals surface area contributed by atoms with Crippen LogP contribution in [0.4, 0.5) is 4.39 Å². The number of benzene rings is 2. The predicted octanol–water partition coefficient (Wildman–Crippen LogP) is 2.89. The van der Waals surface area contributed by atoms with E-state index in [1.807, 2.05) is 0 Å². The van der Waals surface area contributed by atoms with Crippen molar-refractivity contribution in [1.29, 1.82) is 0 Å². The van der Waals surface area contributed by atoms with Gasteiger partial charge in [0.2, 0.25) is 10.0 Å². The summed E-state index contributed by atoms with van der Waals surface area (Å²) in [4.78, 5) is 11.3. The average molecular weight is 372 g/mol. The summed E-state index contributed by atoms with van der Waals surface area (Å²) in [5.74, 6) is -1.60. The SMILES string of the molecule is COC(=O)c1ccc(CNS(=O)(=O)Cc2ccc(Cl)cc2)c(F)c1. The monoisotopic (exact) mass is 371 g/mol. The zero-order valence-electron chi connectivity index (χ0n) is 12.8. The van der Waals surface area contributed by atoms with Gasteiger partial charge in [-0.1, -0.05) is 29.8 Å². The molecule has 0 amide bonds. The third kappa shape index (κ3) is 5.02. The third-order valence-electron chi connectivity index (χ3n) is 3.23. The summed E-state index contributed by atoms with van der Waals surface area (Å²) in [7, 11) is -2.45. The largest absolute Gasteiger partial charge is 0.465 e. The van der Waals surface area contributed by atoms with E-state index < -0.39 is 21.8 Å². The Bertz CT molecular complexity index is 838. The van der Waals surface area contributed by atoms with Crippen molar-refractivity contribution in [3.05, 3.63) is 70.0 Å². The smallest absolute Gasteiger partial charge is 0.337 e. The van der Waals surface area contributed by atoms with Crippen molar-refractivity contribution in [1.82, 2.24) is 4.72 Å². The van der Waals surface area contributed by atoms with Gasteiger partial charge in [-0.25, -0.2) is 22.3 Å². The highest BCUT2D eigenvalue weighted by Gasteiger charge is 2.14. The Kier molecular flexibility index (Phi) is 5.93. The Balaban J connectivity index is 2.04. The van der Waals surface area contributed by atoms with E-state index >= 15 is 0 Å². The molecule has 2 aromatic carbocycles. The van der Waals surface area contributed by atoms with Crippen LogP contribution >= 0.6 is 11.6 Å². The van der Waals surface area contributed by atoms with Gasteiger partial charge in [-0.05, 0) is 29.8 Å². The zero-order valence-corrected chi connectivity index (χ0v) is 14.3. The van der Waals surface area contributed by atoms with Crippen molar-refractivity contribution in [2.75, 3.05) is 7.11 Å². The van der Waals surface area contributed by atoms with E-state index in [0.717, 1.165) is 6.07 Å². The molecule has 0 aliphatic rings. The fourth-order valence-electron chi connectivity index (χ4n) is 1.97. The van der Waals surface area contributed by atoms with E-state index in [2.05, 4.69) is 9.46 Å². The Morgan fingerprint density at radius 2 is 1.88 bits per heavy atom. The van der Waals surface area contributed by atoms with Gasteiger partial charge in [0.1, 0.15) is 5.82 Å². The minimum atomic E-state index is -3.64. The van der Waals surface area contributed by atoms with E-state index in [4.69, 9.17) is 11.6 Å². The molecule has 0 fully saturated rings. The summed E-state index contributed by atoms with van der Waals surface area (Å²) in [5, 5.41) is 0.511. The lowest BCUT2D eigenvalue weighted by Crippen LogP contribution is -2.25. The quantitative estimate of drug-likeness (QED) is 0.792. The summed E-state index contributed by atoms with van der Waals surface area (Å²) >= 11 is 5.75. The lowest BCUT2D eigenvalue weighted by molar-refractivity contribution is 0.0600. The van der Waals surface area contributed by atoms with Gasteiger partial charge < -0.3 is 4.74 Å². The molecule has 0 aliphatic heterocycles. The number of nitrogens with one attached hydrogen (secondary N) is 1. The summed E-state index contributed by atoms with van der Waals surface area (Å²) in [6.07, 6.45) is 0. The number of ether oxygens (including phenoxy) is 1. The van der Waals surface area contributed by atoms with Crippen LogP contribution in [0.1, 0.15) is 21.5 Å². The molecule has 128 valence electrons. The second-order valence-electron chi connectivity index (χ2n) is 5.00. The second kappa shape index (κ2) is 7.74. The summed E-state index contributed by atoms with van der Waals surface area (Å²) in [6, 6.07) is 10.1. The second-order valence-corrected chi connectivity index (χ2v) is 7.25. The number of methoxy groups -OCH3 is 1. The number of esters is 1. The number of carbonyl (C=O) groups excluding carboxylic acids is 1. The van der Waals surface area contributed by atoms with Gasteiger partial charge in [0.25, 0.3) is 0 Å². The molecule has 0 atom stereocenters. The molecule has 1 N–H and O–H groups in total. The van der Waals surface area contributed by atoms with Gasteiger partial charge >= 0.3 is 5.97 Å². The molecule has 0 bridgehead atoms. The lowest BCUT2D eigenvalue weighted by Gasteiger charge is -2.09. The van der Waals surface area contributed by atoms with Gasteiger partial charge in [-0.15, -0.1) is 0 Å². The number of carbonyl (C=O) groups is 1. The molecular formula is C16H15ClFNO4S. The van der Waals surface area contributed by atoms with Crippen LogP contribution < -0.4 is 4.72 Å². The molecule has 2 aromatic rings. The molecule has 0 saturated carbocycles. The normalized spacial score (nSPS) is 11.3. The number of halogens is 2. The minimum Gasteiger partial charge on any atom is -0.465 e. The van der Waals surface area contributed by atoms with Crippen LogP contribution in [0.15, 0.2) is 42.5 Å². The minimum absolute atomic E-state index is 0.0581. The first-order chi connectivity index (χ1) is 11.3. The maximum atomic E-state index is 13.9. The van der Waals surface area contributed by atoms with Gasteiger partial charge in [-0.3, -0.25) is 0 Å². The lowest BCUT2D eigenvalue weighted by atomic mass is 10.1. The van der Waals surface area contributed by atoms with E-state index in [1.54, 1.807) is 24.3 Å². The zero-order chi connectivity index (χ0) is 17.7. The first kappa shape index (κ1) is 18.4. The maximum absolute atomic E-state index is 13.9. The first-order valence-corrected chi connectivity index (χ1v) is 8.92. The number of rotatable bonds is 6. The first-order valence-electron chi connectivity index (χ1n) is 6.89. The van der Waals surface area contributed by atoms with Crippen LogP contribution in [0.25, 0.3) is 0 Å². The van der Waals surface area contributed by atoms with Crippen molar-refractivity contribution in [3.8, 4) is 0 Å². The van der Waals surface area contributed by atoms with E-state index in [0.29, 0.717) is 10.6 Å². The molecule has 0 heterocycles. The van der Waals surface area contributed by atoms with Crippen molar-refractivity contribution < 1.29 is 22.3 Å². The highest BCUT2D eigenvalue weighted by Crippen LogP contribution is 2.14. The number of hydrogen-bond acceptors (Lipinski definition) is 4. The van der Waals surface area contributed by atoms with Crippen LogP contribution in [0.5, 0.6) is 0 Å². The van der Waals surface area contributed by atoms with E-state index in [-0.39, 0.29) is 23.4 Å². The van der Waals surface area contributed by atoms with Crippen molar-refractivity contribution in [2.24, 2.45) is 0 Å². The van der Waals surface area contributed by atoms with E-state index in [1.165, 1.54) is 19.2 Å². The molecule has 0 unspecified atom stereocenters. The molecule has 0 saturated heterocycles. The molecular weight excluding hydrogens is 357 g/mol. The van der Waals surface area contributed by atoms with E-state index in [9.17, 15) is 17.6 Å². The predicted molar refractivity (Wildman–Crippen MR) is 88.7 cm³/mol. The highest BCUT2D eigenvalue weighted by molar-refractivity contribution is 7.88. The molecule has 0 aliphatic carbocycles. The standard InChI is InChI=1S/C16H15ClFNO4S/c1-23-16(20)12-4-5-13(15(18)8-12)9-19-24(21,22)10-11-2-6-14(17)7-3-11/h2-8,19H,9-10H2,1H3. The molecule has 5 nitrogen and oxygen atoms in total. The molecule has 24 heavy (non-hydrogen) atoms. The molecule has 0 aromatic heterocycles. The third-order valence-corrected chi connectivity index (χ3v) is 4.78.